The maximum Gasteiger partial charge on any atom is 0.416 e. The molecule has 0 radical (unpaired) electrons. The number of methoxy groups -OCH3 is 1. The SMILES string of the molecule is CNc1nc(NC2CCC(C(=O)NCc3ccc(OC)cc3C(F)(F)F)CC2)nc(-c2cccnc2)n1. The Hall–Kier alpha value is -3.96. The highest BCUT2D eigenvalue weighted by molar-refractivity contribution is 5.78. The second-order valence-electron chi connectivity index (χ2n) is 8.73. The summed E-state index contributed by atoms with van der Waals surface area (Å²) < 4.78 is 45.2. The predicted molar refractivity (Wildman–Crippen MR) is 132 cm³/mol. The molecule has 1 aromatic carbocycles. The van der Waals surface area contributed by atoms with Gasteiger partial charge in [0.15, 0.2) is 5.82 Å². The van der Waals surface area contributed by atoms with Gasteiger partial charge in [-0.05, 0) is 55.5 Å². The van der Waals surface area contributed by atoms with Crippen molar-refractivity contribution in [3.8, 4) is 17.1 Å². The molecule has 0 atom stereocenters. The van der Waals surface area contributed by atoms with Crippen LogP contribution in [0, 0.1) is 5.92 Å². The summed E-state index contributed by atoms with van der Waals surface area (Å²) in [5.74, 6) is 0.911. The van der Waals surface area contributed by atoms with Crippen LogP contribution < -0.4 is 20.7 Å². The van der Waals surface area contributed by atoms with E-state index in [9.17, 15) is 18.0 Å². The van der Waals surface area contributed by atoms with Crippen molar-refractivity contribution in [3.63, 3.8) is 0 Å². The fourth-order valence-electron chi connectivity index (χ4n) is 4.29. The van der Waals surface area contributed by atoms with E-state index in [1.807, 2.05) is 6.07 Å². The number of nitrogens with zero attached hydrogens (tertiary/aromatic N) is 4. The number of carbonyl (C=O) groups excluding carboxylic acids is 1. The topological polar surface area (TPSA) is 114 Å². The molecular formula is C25H28F3N7O2. The molecule has 0 aliphatic heterocycles. The van der Waals surface area contributed by atoms with E-state index in [1.165, 1.54) is 19.2 Å². The molecule has 1 saturated carbocycles. The van der Waals surface area contributed by atoms with Crippen LogP contribution in [0.5, 0.6) is 5.75 Å². The van der Waals surface area contributed by atoms with Gasteiger partial charge in [-0.25, -0.2) is 0 Å². The van der Waals surface area contributed by atoms with Crippen molar-refractivity contribution in [2.24, 2.45) is 5.92 Å². The molecule has 2 heterocycles. The number of hydrogen-bond acceptors (Lipinski definition) is 8. The van der Waals surface area contributed by atoms with Crippen LogP contribution in [0.1, 0.15) is 36.8 Å². The monoisotopic (exact) mass is 515 g/mol. The molecule has 0 bridgehead atoms. The van der Waals surface area contributed by atoms with Gasteiger partial charge in [0.05, 0.1) is 12.7 Å². The number of anilines is 2. The summed E-state index contributed by atoms with van der Waals surface area (Å²) >= 11 is 0. The molecule has 0 saturated heterocycles. The van der Waals surface area contributed by atoms with E-state index in [-0.39, 0.29) is 35.7 Å². The van der Waals surface area contributed by atoms with Crippen LogP contribution in [0.3, 0.4) is 0 Å². The molecule has 4 rings (SSSR count). The first-order valence-electron chi connectivity index (χ1n) is 11.9. The smallest absolute Gasteiger partial charge is 0.416 e. The third kappa shape index (κ3) is 6.63. The van der Waals surface area contributed by atoms with Crippen LogP contribution in [0.4, 0.5) is 25.1 Å². The molecule has 9 nitrogen and oxygen atoms in total. The number of benzene rings is 1. The molecule has 1 fully saturated rings. The van der Waals surface area contributed by atoms with Crippen LogP contribution in [-0.2, 0) is 17.5 Å². The lowest BCUT2D eigenvalue weighted by atomic mass is 9.85. The van der Waals surface area contributed by atoms with E-state index in [4.69, 9.17) is 4.74 Å². The number of carbonyl (C=O) groups is 1. The number of halogens is 3. The summed E-state index contributed by atoms with van der Waals surface area (Å²) in [5, 5.41) is 8.93. The third-order valence-electron chi connectivity index (χ3n) is 6.29. The summed E-state index contributed by atoms with van der Waals surface area (Å²) in [6.07, 6.45) is 1.37. The Morgan fingerprint density at radius 1 is 1.08 bits per heavy atom. The molecule has 37 heavy (non-hydrogen) atoms. The summed E-state index contributed by atoms with van der Waals surface area (Å²) in [4.78, 5) is 30.1. The number of pyridine rings is 1. The molecule has 1 aliphatic rings. The van der Waals surface area contributed by atoms with Crippen molar-refractivity contribution in [2.75, 3.05) is 24.8 Å². The number of alkyl halides is 3. The van der Waals surface area contributed by atoms with Gasteiger partial charge in [0.2, 0.25) is 17.8 Å². The van der Waals surface area contributed by atoms with E-state index in [0.29, 0.717) is 43.4 Å². The minimum atomic E-state index is -4.54. The van der Waals surface area contributed by atoms with Gasteiger partial charge >= 0.3 is 6.18 Å². The highest BCUT2D eigenvalue weighted by Gasteiger charge is 2.34. The minimum Gasteiger partial charge on any atom is -0.497 e. The van der Waals surface area contributed by atoms with Crippen LogP contribution >= 0.6 is 0 Å². The van der Waals surface area contributed by atoms with Gasteiger partial charge < -0.3 is 20.7 Å². The zero-order valence-corrected chi connectivity index (χ0v) is 20.5. The Bertz CT molecular complexity index is 1220. The van der Waals surface area contributed by atoms with Crippen LogP contribution in [0.2, 0.25) is 0 Å². The van der Waals surface area contributed by atoms with E-state index >= 15 is 0 Å². The Kier molecular flexibility index (Phi) is 8.04. The molecule has 1 aliphatic carbocycles. The summed E-state index contributed by atoms with van der Waals surface area (Å²) in [7, 11) is 3.03. The Morgan fingerprint density at radius 3 is 2.49 bits per heavy atom. The molecule has 3 aromatic rings. The maximum atomic E-state index is 13.4. The molecule has 0 unspecified atom stereocenters. The second-order valence-corrected chi connectivity index (χ2v) is 8.73. The number of aromatic nitrogens is 4. The van der Waals surface area contributed by atoms with Crippen molar-refractivity contribution in [2.45, 2.75) is 44.4 Å². The van der Waals surface area contributed by atoms with E-state index in [2.05, 4.69) is 35.9 Å². The van der Waals surface area contributed by atoms with Gasteiger partial charge in [0, 0.05) is 43.5 Å². The lowest BCUT2D eigenvalue weighted by molar-refractivity contribution is -0.138. The zero-order chi connectivity index (χ0) is 26.4. The van der Waals surface area contributed by atoms with Gasteiger partial charge in [0.25, 0.3) is 0 Å². The molecule has 0 spiro atoms. The minimum absolute atomic E-state index is 0.00315. The summed E-state index contributed by atoms with van der Waals surface area (Å²) in [6, 6.07) is 7.44. The average molecular weight is 516 g/mol. The number of amides is 1. The Balaban J connectivity index is 1.34. The first-order chi connectivity index (χ1) is 17.8. The maximum absolute atomic E-state index is 13.4. The standard InChI is InChI=1S/C25H28F3N7O2/c1-29-23-33-21(17-4-3-11-30-13-17)34-24(35-23)32-18-8-5-15(6-9-18)22(36)31-14-16-7-10-19(37-2)12-20(16)25(26,27)28/h3-4,7,10-13,15,18H,5-6,8-9,14H2,1-2H3,(H,31,36)(H2,29,32,33,34,35). The van der Waals surface area contributed by atoms with Crippen LogP contribution in [-0.4, -0.2) is 46.0 Å². The first-order valence-corrected chi connectivity index (χ1v) is 11.9. The highest BCUT2D eigenvalue weighted by Crippen LogP contribution is 2.34. The molecule has 196 valence electrons. The number of rotatable bonds is 8. The number of hydrogen-bond donors (Lipinski definition) is 3. The van der Waals surface area contributed by atoms with Crippen molar-refractivity contribution < 1.29 is 22.7 Å². The Labute approximate surface area is 212 Å². The second kappa shape index (κ2) is 11.4. The van der Waals surface area contributed by atoms with Gasteiger partial charge in [0.1, 0.15) is 5.75 Å². The van der Waals surface area contributed by atoms with Gasteiger partial charge in [-0.15, -0.1) is 0 Å². The normalized spacial score (nSPS) is 17.6. The molecule has 3 N–H and O–H groups in total. The molecule has 1 amide bonds. The van der Waals surface area contributed by atoms with Crippen LogP contribution in [0.15, 0.2) is 42.7 Å². The molecule has 12 heteroatoms. The fourth-order valence-corrected chi connectivity index (χ4v) is 4.29. The van der Waals surface area contributed by atoms with Crippen molar-refractivity contribution in [1.82, 2.24) is 25.3 Å². The van der Waals surface area contributed by atoms with E-state index in [1.54, 1.807) is 25.5 Å². The number of ether oxygens (including phenoxy) is 1. The van der Waals surface area contributed by atoms with Gasteiger partial charge in [-0.3, -0.25) is 9.78 Å². The summed E-state index contributed by atoms with van der Waals surface area (Å²) in [5.41, 5.74) is -0.0593. The summed E-state index contributed by atoms with van der Waals surface area (Å²) in [6.45, 7) is -0.204. The van der Waals surface area contributed by atoms with E-state index in [0.717, 1.165) is 11.6 Å². The van der Waals surface area contributed by atoms with Gasteiger partial charge in [-0.2, -0.15) is 28.1 Å². The van der Waals surface area contributed by atoms with Crippen molar-refractivity contribution >= 4 is 17.8 Å². The average Bonchev–Trinajstić information content (AvgIpc) is 2.91. The predicted octanol–water partition coefficient (Wildman–Crippen LogP) is 4.29. The zero-order valence-electron chi connectivity index (χ0n) is 20.5. The molecular weight excluding hydrogens is 487 g/mol. The number of nitrogens with one attached hydrogen (secondary N) is 3. The largest absolute Gasteiger partial charge is 0.497 e. The van der Waals surface area contributed by atoms with Gasteiger partial charge in [-0.1, -0.05) is 6.07 Å². The van der Waals surface area contributed by atoms with E-state index < -0.39 is 11.7 Å². The lowest BCUT2D eigenvalue weighted by Gasteiger charge is -2.28. The van der Waals surface area contributed by atoms with Crippen LogP contribution in [0.25, 0.3) is 11.4 Å². The fraction of sp³-hybridized carbons (Fsp3) is 0.400. The lowest BCUT2D eigenvalue weighted by Crippen LogP contribution is -2.36. The Morgan fingerprint density at radius 2 is 1.84 bits per heavy atom. The first kappa shape index (κ1) is 26.1. The van der Waals surface area contributed by atoms with Crippen molar-refractivity contribution in [1.29, 1.82) is 0 Å². The quantitative estimate of drug-likeness (QED) is 0.407. The molecule has 2 aromatic heterocycles. The highest BCUT2D eigenvalue weighted by atomic mass is 19.4. The van der Waals surface area contributed by atoms with Crippen molar-refractivity contribution in [3.05, 3.63) is 53.9 Å². The third-order valence-corrected chi connectivity index (χ3v) is 6.29.